The average Bonchev–Trinajstić information content (AvgIpc) is 2.97. The van der Waals surface area contributed by atoms with Crippen LogP contribution < -0.4 is 16.2 Å². The molecule has 0 saturated heterocycles. The zero-order valence-electron chi connectivity index (χ0n) is 9.87. The maximum Gasteiger partial charge on any atom is 0.364 e. The molecule has 0 spiro atoms. The third kappa shape index (κ3) is 1.86. The second-order valence-electron chi connectivity index (χ2n) is 4.55. The Kier molecular flexibility index (Phi) is 2.75. The van der Waals surface area contributed by atoms with Crippen molar-refractivity contribution in [3.8, 4) is 5.88 Å². The Morgan fingerprint density at radius 1 is 1.50 bits per heavy atom. The van der Waals surface area contributed by atoms with Gasteiger partial charge < -0.3 is 10.5 Å². The van der Waals surface area contributed by atoms with Crippen LogP contribution in [0.25, 0.3) is 5.65 Å². The van der Waals surface area contributed by atoms with E-state index in [9.17, 15) is 4.79 Å². The fourth-order valence-electron chi connectivity index (χ4n) is 2.43. The fraction of sp³-hybridized carbons (Fsp3) is 0.545. The Morgan fingerprint density at radius 2 is 2.39 bits per heavy atom. The minimum absolute atomic E-state index is 0.0996. The molecule has 7 nitrogen and oxygen atoms in total. The van der Waals surface area contributed by atoms with Crippen molar-refractivity contribution in [3.05, 3.63) is 22.6 Å². The Balaban J connectivity index is 1.86. The topological polar surface area (TPSA) is 98.3 Å². The molecule has 0 radical (unpaired) electrons. The fourth-order valence-corrected chi connectivity index (χ4v) is 2.43. The summed E-state index contributed by atoms with van der Waals surface area (Å²) in [7, 11) is 0. The van der Waals surface area contributed by atoms with E-state index in [2.05, 4.69) is 15.3 Å². The molecule has 2 aromatic rings. The van der Waals surface area contributed by atoms with Gasteiger partial charge in [-0.15, -0.1) is 5.10 Å². The normalized spacial score (nSPS) is 23.6. The third-order valence-electron chi connectivity index (χ3n) is 3.41. The van der Waals surface area contributed by atoms with E-state index in [1.807, 2.05) is 0 Å². The number of nitrogens with two attached hydrogens (primary N) is 1. The van der Waals surface area contributed by atoms with Gasteiger partial charge in [0.2, 0.25) is 5.88 Å². The van der Waals surface area contributed by atoms with Gasteiger partial charge in [0.15, 0.2) is 5.65 Å². The lowest BCUT2D eigenvalue weighted by molar-refractivity contribution is 0.153. The molecule has 2 unspecified atom stereocenters. The monoisotopic (exact) mass is 249 g/mol. The summed E-state index contributed by atoms with van der Waals surface area (Å²) in [5.41, 5.74) is 5.82. The van der Waals surface area contributed by atoms with Crippen molar-refractivity contribution in [1.82, 2.24) is 19.8 Å². The first-order valence-electron chi connectivity index (χ1n) is 6.09. The number of hydrogen-bond donors (Lipinski definition) is 2. The summed E-state index contributed by atoms with van der Waals surface area (Å²) < 4.78 is 7.01. The largest absolute Gasteiger partial charge is 0.473 e. The summed E-state index contributed by atoms with van der Waals surface area (Å²) >= 11 is 0. The smallest absolute Gasteiger partial charge is 0.364 e. The number of aromatic nitrogens is 4. The molecular weight excluding hydrogens is 234 g/mol. The maximum atomic E-state index is 11.4. The molecule has 18 heavy (non-hydrogen) atoms. The lowest BCUT2D eigenvalue weighted by Gasteiger charge is -2.18. The van der Waals surface area contributed by atoms with Crippen LogP contribution in [0.1, 0.15) is 19.3 Å². The summed E-state index contributed by atoms with van der Waals surface area (Å²) in [5, 5.41) is 10.3. The van der Waals surface area contributed by atoms with Gasteiger partial charge in [-0.3, -0.25) is 0 Å². The Morgan fingerprint density at radius 3 is 3.22 bits per heavy atom. The summed E-state index contributed by atoms with van der Waals surface area (Å²) in [6.07, 6.45) is 3.31. The molecule has 7 heteroatoms. The summed E-state index contributed by atoms with van der Waals surface area (Å²) in [6.45, 7) is 0.624. The highest BCUT2D eigenvalue weighted by Gasteiger charge is 2.28. The number of nitrogens with zero attached hydrogens (tertiary/aromatic N) is 3. The van der Waals surface area contributed by atoms with Crippen LogP contribution in [0.4, 0.5) is 0 Å². The highest BCUT2D eigenvalue weighted by Crippen LogP contribution is 2.28. The van der Waals surface area contributed by atoms with Gasteiger partial charge in [-0.1, -0.05) is 0 Å². The minimum Gasteiger partial charge on any atom is -0.473 e. The van der Waals surface area contributed by atoms with Gasteiger partial charge in [0.05, 0.1) is 0 Å². The van der Waals surface area contributed by atoms with E-state index >= 15 is 0 Å². The van der Waals surface area contributed by atoms with Crippen LogP contribution in [0.3, 0.4) is 0 Å². The van der Waals surface area contributed by atoms with Gasteiger partial charge in [-0.2, -0.15) is 9.61 Å². The molecule has 3 rings (SSSR count). The Labute approximate surface area is 103 Å². The van der Waals surface area contributed by atoms with Gasteiger partial charge in [0.25, 0.3) is 0 Å². The van der Waals surface area contributed by atoms with Gasteiger partial charge in [-0.05, 0) is 31.9 Å². The van der Waals surface area contributed by atoms with Crippen LogP contribution in [-0.2, 0) is 0 Å². The number of hydrogen-bond acceptors (Lipinski definition) is 5. The first-order chi connectivity index (χ1) is 8.78. The predicted octanol–water partition coefficient (Wildman–Crippen LogP) is -0.0762. The van der Waals surface area contributed by atoms with Crippen LogP contribution >= 0.6 is 0 Å². The van der Waals surface area contributed by atoms with E-state index in [0.29, 0.717) is 24.0 Å². The lowest BCUT2D eigenvalue weighted by atomic mass is 10.1. The van der Waals surface area contributed by atoms with Crippen molar-refractivity contribution in [3.63, 3.8) is 0 Å². The molecule has 0 amide bonds. The summed E-state index contributed by atoms with van der Waals surface area (Å²) in [6, 6.07) is 3.42. The quantitative estimate of drug-likeness (QED) is 0.793. The van der Waals surface area contributed by atoms with Crippen LogP contribution in [0.2, 0.25) is 0 Å². The van der Waals surface area contributed by atoms with E-state index in [1.165, 1.54) is 4.52 Å². The number of H-pyrrole nitrogens is 1. The number of fused-ring (bicyclic) bond motifs is 1. The number of nitrogens with one attached hydrogen (secondary N) is 1. The van der Waals surface area contributed by atoms with Crippen LogP contribution in [0, 0.1) is 5.92 Å². The van der Waals surface area contributed by atoms with Gasteiger partial charge in [-0.25, -0.2) is 9.89 Å². The summed E-state index contributed by atoms with van der Waals surface area (Å²) in [4.78, 5) is 11.4. The second-order valence-corrected chi connectivity index (χ2v) is 4.55. The first-order valence-corrected chi connectivity index (χ1v) is 6.09. The number of rotatable bonds is 3. The van der Waals surface area contributed by atoms with Crippen molar-refractivity contribution in [1.29, 1.82) is 0 Å². The highest BCUT2D eigenvalue weighted by atomic mass is 16.5. The van der Waals surface area contributed by atoms with Gasteiger partial charge >= 0.3 is 5.69 Å². The number of ether oxygens (including phenoxy) is 1. The zero-order chi connectivity index (χ0) is 12.5. The van der Waals surface area contributed by atoms with Crippen LogP contribution in [-0.4, -0.2) is 32.5 Å². The molecule has 0 bridgehead atoms. The molecule has 2 aromatic heterocycles. The average molecular weight is 249 g/mol. The molecule has 1 aliphatic carbocycles. The molecule has 3 N–H and O–H groups in total. The van der Waals surface area contributed by atoms with E-state index in [-0.39, 0.29) is 11.8 Å². The molecule has 2 heterocycles. The van der Waals surface area contributed by atoms with Crippen molar-refractivity contribution in [2.75, 3.05) is 6.54 Å². The third-order valence-corrected chi connectivity index (χ3v) is 3.41. The van der Waals surface area contributed by atoms with E-state index in [1.54, 1.807) is 12.1 Å². The molecular formula is C11H15N5O2. The molecule has 0 aliphatic heterocycles. The van der Waals surface area contributed by atoms with Crippen molar-refractivity contribution >= 4 is 5.65 Å². The summed E-state index contributed by atoms with van der Waals surface area (Å²) in [5.74, 6) is 0.819. The molecule has 96 valence electrons. The van der Waals surface area contributed by atoms with E-state index < -0.39 is 0 Å². The molecule has 2 atom stereocenters. The maximum absolute atomic E-state index is 11.4. The predicted molar refractivity (Wildman–Crippen MR) is 64.4 cm³/mol. The van der Waals surface area contributed by atoms with Gasteiger partial charge in [0, 0.05) is 12.0 Å². The van der Waals surface area contributed by atoms with Crippen LogP contribution in [0.15, 0.2) is 16.9 Å². The first kappa shape index (κ1) is 11.2. The zero-order valence-corrected chi connectivity index (χ0v) is 9.87. The highest BCUT2D eigenvalue weighted by molar-refractivity contribution is 5.35. The van der Waals surface area contributed by atoms with Gasteiger partial charge in [0.1, 0.15) is 6.10 Å². The SMILES string of the molecule is NCC1CCCC1Oc1ccc2n[nH]c(=O)n2n1. The second kappa shape index (κ2) is 4.41. The standard InChI is InChI=1S/C11H15N5O2/c12-6-7-2-1-3-8(7)18-10-5-4-9-13-14-11(17)16(9)15-10/h4-5,7-8H,1-3,6,12H2,(H,14,17). The Bertz CT molecular complexity index is 605. The number of aromatic amines is 1. The van der Waals surface area contributed by atoms with Crippen molar-refractivity contribution in [2.24, 2.45) is 11.7 Å². The minimum atomic E-state index is -0.364. The Hall–Kier alpha value is -1.89. The molecule has 1 saturated carbocycles. The van der Waals surface area contributed by atoms with E-state index in [4.69, 9.17) is 10.5 Å². The van der Waals surface area contributed by atoms with Crippen molar-refractivity contribution < 1.29 is 4.74 Å². The van der Waals surface area contributed by atoms with Crippen LogP contribution in [0.5, 0.6) is 5.88 Å². The molecule has 0 aromatic carbocycles. The lowest BCUT2D eigenvalue weighted by Crippen LogP contribution is -2.28. The van der Waals surface area contributed by atoms with E-state index in [0.717, 1.165) is 19.3 Å². The van der Waals surface area contributed by atoms with Crippen molar-refractivity contribution in [2.45, 2.75) is 25.4 Å². The molecule has 1 fully saturated rings. The molecule has 1 aliphatic rings.